The summed E-state index contributed by atoms with van der Waals surface area (Å²) in [6.45, 7) is 0. The van der Waals surface area contributed by atoms with Crippen LogP contribution in [0.5, 0.6) is 0 Å². The Labute approximate surface area is 66.7 Å². The second kappa shape index (κ2) is 2.64. The topological polar surface area (TPSA) is 24.7 Å². The van der Waals surface area contributed by atoms with E-state index in [-0.39, 0.29) is 0 Å². The molecule has 2 rings (SSSR count). The molecule has 4 heteroatoms. The molecular formula is C6H4N2S2. The molecular weight excluding hydrogens is 164 g/mol. The van der Waals surface area contributed by atoms with Crippen LogP contribution in [0.1, 0.15) is 0 Å². The standard InChI is InChI=1S/C6H4N2S2/c1-2-4-6-5(3-1)7-8-10-9-6/h1-4H. The van der Waals surface area contributed by atoms with Gasteiger partial charge in [0.05, 0.1) is 11.0 Å². The van der Waals surface area contributed by atoms with Gasteiger partial charge in [0.1, 0.15) is 5.69 Å². The Morgan fingerprint density at radius 3 is 3.00 bits per heavy atom. The van der Waals surface area contributed by atoms with Gasteiger partial charge in [0.2, 0.25) is 0 Å². The lowest BCUT2D eigenvalue weighted by Crippen LogP contribution is -1.71. The van der Waals surface area contributed by atoms with Crippen molar-refractivity contribution in [2.45, 2.75) is 4.90 Å². The minimum Gasteiger partial charge on any atom is -0.142 e. The first-order valence-corrected chi connectivity index (χ1v) is 4.91. The van der Waals surface area contributed by atoms with Crippen LogP contribution in [0.2, 0.25) is 0 Å². The quantitative estimate of drug-likeness (QED) is 0.438. The summed E-state index contributed by atoms with van der Waals surface area (Å²) in [5, 5.41) is 3.96. The van der Waals surface area contributed by atoms with Crippen molar-refractivity contribution in [3.8, 4) is 0 Å². The van der Waals surface area contributed by atoms with Crippen LogP contribution in [0, 0.1) is 0 Å². The van der Waals surface area contributed by atoms with Crippen molar-refractivity contribution in [1.82, 2.24) is 0 Å². The molecule has 0 radical (unpaired) electrons. The normalized spacial score (nSPS) is 14.8. The molecule has 1 aromatic rings. The summed E-state index contributed by atoms with van der Waals surface area (Å²) in [4.78, 5) is 1.20. The van der Waals surface area contributed by atoms with Crippen LogP contribution < -0.4 is 0 Å². The Morgan fingerprint density at radius 2 is 2.10 bits per heavy atom. The Kier molecular flexibility index (Phi) is 1.65. The van der Waals surface area contributed by atoms with Crippen molar-refractivity contribution in [3.05, 3.63) is 24.3 Å². The molecule has 0 atom stereocenters. The van der Waals surface area contributed by atoms with E-state index < -0.39 is 0 Å². The van der Waals surface area contributed by atoms with Gasteiger partial charge in [0, 0.05) is 4.90 Å². The largest absolute Gasteiger partial charge is 0.142 e. The van der Waals surface area contributed by atoms with Gasteiger partial charge in [-0.15, -0.1) is 9.63 Å². The zero-order valence-electron chi connectivity index (χ0n) is 5.02. The SMILES string of the molecule is c1ccc2c(c1)N=NSS2. The van der Waals surface area contributed by atoms with Crippen LogP contribution in [0.3, 0.4) is 0 Å². The summed E-state index contributed by atoms with van der Waals surface area (Å²) in [7, 11) is 3.06. The third-order valence-corrected chi connectivity index (χ3v) is 2.88. The fourth-order valence-corrected chi connectivity index (χ4v) is 2.15. The van der Waals surface area contributed by atoms with Crippen LogP contribution in [0.4, 0.5) is 5.69 Å². The lowest BCUT2D eigenvalue weighted by molar-refractivity contribution is 1.27. The van der Waals surface area contributed by atoms with Crippen LogP contribution in [-0.4, -0.2) is 0 Å². The fourth-order valence-electron chi connectivity index (χ4n) is 0.728. The third kappa shape index (κ3) is 1.04. The highest BCUT2D eigenvalue weighted by Crippen LogP contribution is 2.42. The minimum absolute atomic E-state index is 0.978. The lowest BCUT2D eigenvalue weighted by atomic mass is 10.3. The molecule has 0 spiro atoms. The number of benzene rings is 1. The van der Waals surface area contributed by atoms with E-state index in [4.69, 9.17) is 0 Å². The molecule has 0 aliphatic carbocycles. The molecule has 0 saturated carbocycles. The van der Waals surface area contributed by atoms with E-state index in [1.807, 2.05) is 24.3 Å². The van der Waals surface area contributed by atoms with Crippen LogP contribution >= 0.6 is 21.8 Å². The van der Waals surface area contributed by atoms with E-state index in [0.717, 1.165) is 5.69 Å². The summed E-state index contributed by atoms with van der Waals surface area (Å²) in [5.41, 5.74) is 0.978. The average Bonchev–Trinajstić information content (AvgIpc) is 2.05. The van der Waals surface area contributed by atoms with Crippen LogP contribution in [0.25, 0.3) is 0 Å². The van der Waals surface area contributed by atoms with E-state index in [1.54, 1.807) is 10.8 Å². The van der Waals surface area contributed by atoms with Crippen LogP contribution in [-0.2, 0) is 0 Å². The van der Waals surface area contributed by atoms with E-state index >= 15 is 0 Å². The van der Waals surface area contributed by atoms with Gasteiger partial charge in [0.25, 0.3) is 0 Å². The van der Waals surface area contributed by atoms with Gasteiger partial charge in [-0.05, 0) is 22.9 Å². The average molecular weight is 168 g/mol. The Balaban J connectivity index is 2.54. The maximum atomic E-state index is 3.96. The van der Waals surface area contributed by atoms with Crippen molar-refractivity contribution in [3.63, 3.8) is 0 Å². The summed E-state index contributed by atoms with van der Waals surface area (Å²) < 4.78 is 3.82. The predicted molar refractivity (Wildman–Crippen MR) is 44.4 cm³/mol. The predicted octanol–water partition coefficient (Wildman–Crippen LogP) is 3.44. The molecule has 0 fully saturated rings. The highest BCUT2D eigenvalue weighted by Gasteiger charge is 2.05. The molecule has 50 valence electrons. The van der Waals surface area contributed by atoms with Crippen molar-refractivity contribution < 1.29 is 0 Å². The molecule has 1 aliphatic rings. The number of fused-ring (bicyclic) bond motifs is 1. The zero-order valence-corrected chi connectivity index (χ0v) is 6.65. The van der Waals surface area contributed by atoms with Gasteiger partial charge in [-0.1, -0.05) is 12.1 Å². The van der Waals surface area contributed by atoms with Crippen molar-refractivity contribution >= 4 is 27.5 Å². The maximum absolute atomic E-state index is 3.96. The highest BCUT2D eigenvalue weighted by molar-refractivity contribution is 8.76. The summed E-state index contributed by atoms with van der Waals surface area (Å²) in [5.74, 6) is 0. The van der Waals surface area contributed by atoms with E-state index in [9.17, 15) is 0 Å². The van der Waals surface area contributed by atoms with Gasteiger partial charge in [-0.3, -0.25) is 0 Å². The second-order valence-electron chi connectivity index (χ2n) is 1.81. The van der Waals surface area contributed by atoms with Crippen LogP contribution in [0.15, 0.2) is 38.8 Å². The molecule has 0 aromatic heterocycles. The van der Waals surface area contributed by atoms with Gasteiger partial charge in [-0.25, -0.2) is 0 Å². The van der Waals surface area contributed by atoms with Crippen molar-refractivity contribution in [2.24, 2.45) is 9.63 Å². The summed E-state index contributed by atoms with van der Waals surface area (Å²) in [6, 6.07) is 7.98. The van der Waals surface area contributed by atoms with E-state index in [2.05, 4.69) is 9.63 Å². The maximum Gasteiger partial charge on any atom is 0.101 e. The number of rotatable bonds is 0. The summed E-state index contributed by atoms with van der Waals surface area (Å²) in [6.07, 6.45) is 0. The Bertz CT molecular complexity index is 272. The lowest BCUT2D eigenvalue weighted by Gasteiger charge is -2.03. The molecule has 1 aromatic carbocycles. The number of hydrogen-bond donors (Lipinski definition) is 0. The first-order chi connectivity index (χ1) is 4.97. The smallest absolute Gasteiger partial charge is 0.101 e. The van der Waals surface area contributed by atoms with Gasteiger partial charge >= 0.3 is 0 Å². The summed E-state index contributed by atoms with van der Waals surface area (Å²) >= 11 is 0. The molecule has 0 amide bonds. The Hall–Kier alpha value is -0.480. The second-order valence-corrected chi connectivity index (χ2v) is 3.67. The minimum atomic E-state index is 0.978. The molecule has 2 nitrogen and oxygen atoms in total. The zero-order chi connectivity index (χ0) is 6.81. The fraction of sp³-hybridized carbons (Fsp3) is 0. The van der Waals surface area contributed by atoms with E-state index in [0.29, 0.717) is 0 Å². The molecule has 1 heterocycles. The highest BCUT2D eigenvalue weighted by atomic mass is 33.1. The van der Waals surface area contributed by atoms with Gasteiger partial charge < -0.3 is 0 Å². The van der Waals surface area contributed by atoms with Crippen molar-refractivity contribution in [1.29, 1.82) is 0 Å². The molecule has 1 aliphatic heterocycles. The Morgan fingerprint density at radius 1 is 1.20 bits per heavy atom. The molecule has 10 heavy (non-hydrogen) atoms. The molecule has 0 N–H and O–H groups in total. The van der Waals surface area contributed by atoms with E-state index in [1.165, 1.54) is 15.9 Å². The molecule has 0 saturated heterocycles. The monoisotopic (exact) mass is 168 g/mol. The molecule has 0 unspecified atom stereocenters. The first kappa shape index (κ1) is 6.24. The third-order valence-electron chi connectivity index (χ3n) is 1.17. The number of nitrogens with zero attached hydrogens (tertiary/aromatic N) is 2. The van der Waals surface area contributed by atoms with Crippen molar-refractivity contribution in [2.75, 3.05) is 0 Å². The first-order valence-electron chi connectivity index (χ1n) is 2.80. The molecule has 0 bridgehead atoms. The van der Waals surface area contributed by atoms with Gasteiger partial charge in [0.15, 0.2) is 0 Å². The van der Waals surface area contributed by atoms with Gasteiger partial charge in [-0.2, -0.15) is 0 Å². The number of hydrogen-bond acceptors (Lipinski definition) is 4.